The summed E-state index contributed by atoms with van der Waals surface area (Å²) >= 11 is 0. The van der Waals surface area contributed by atoms with Crippen molar-refractivity contribution in [2.24, 2.45) is 5.73 Å². The Morgan fingerprint density at radius 1 is 0.857 bits per heavy atom. The highest BCUT2D eigenvalue weighted by Gasteiger charge is 2.38. The molecular weight excluding hydrogens is 550 g/mol. The molecule has 0 spiro atoms. The summed E-state index contributed by atoms with van der Waals surface area (Å²) in [6, 6.07) is 7.39. The SMILES string of the molecule is NC(Cc1ccc(O)cc1)C(=O)N1CCCC1C(=O)NC(CO)C(=O)NC(Cc1ccc(O)cc1)C(=O)NCC(=O)O. The van der Waals surface area contributed by atoms with Crippen molar-refractivity contribution in [1.29, 1.82) is 0 Å². The van der Waals surface area contributed by atoms with E-state index in [2.05, 4.69) is 16.0 Å². The predicted molar refractivity (Wildman–Crippen MR) is 148 cm³/mol. The number of carboxylic acid groups (broad SMARTS) is 1. The van der Waals surface area contributed by atoms with E-state index in [0.29, 0.717) is 18.4 Å². The van der Waals surface area contributed by atoms with Gasteiger partial charge in [-0.3, -0.25) is 24.0 Å². The molecule has 14 nitrogen and oxygen atoms in total. The van der Waals surface area contributed by atoms with Crippen molar-refractivity contribution < 1.29 is 44.4 Å². The first-order chi connectivity index (χ1) is 20.0. The van der Waals surface area contributed by atoms with E-state index in [1.807, 2.05) is 0 Å². The minimum absolute atomic E-state index is 0.0153. The van der Waals surface area contributed by atoms with E-state index in [1.54, 1.807) is 12.1 Å². The number of carboxylic acids is 1. The first kappa shape index (κ1) is 31.8. The summed E-state index contributed by atoms with van der Waals surface area (Å²) in [6.45, 7) is -1.24. The second-order valence-corrected chi connectivity index (χ2v) is 9.95. The van der Waals surface area contributed by atoms with Gasteiger partial charge in [0.1, 0.15) is 36.2 Å². The van der Waals surface area contributed by atoms with Gasteiger partial charge in [-0.05, 0) is 54.7 Å². The topological polar surface area (TPSA) is 232 Å². The molecule has 1 heterocycles. The maximum Gasteiger partial charge on any atom is 0.322 e. The number of hydrogen-bond acceptors (Lipinski definition) is 9. The van der Waals surface area contributed by atoms with E-state index < -0.39 is 66.9 Å². The number of nitrogens with two attached hydrogens (primary N) is 1. The van der Waals surface area contributed by atoms with E-state index >= 15 is 0 Å². The lowest BCUT2D eigenvalue weighted by Crippen LogP contribution is -2.58. The maximum atomic E-state index is 13.1. The number of rotatable bonds is 13. The van der Waals surface area contributed by atoms with Gasteiger partial charge in [-0.15, -0.1) is 0 Å². The number of phenols is 2. The van der Waals surface area contributed by atoms with Gasteiger partial charge < -0.3 is 47.0 Å². The highest BCUT2D eigenvalue weighted by molar-refractivity contribution is 5.95. The minimum Gasteiger partial charge on any atom is -0.508 e. The lowest BCUT2D eigenvalue weighted by molar-refractivity contribution is -0.140. The molecule has 0 bridgehead atoms. The predicted octanol–water partition coefficient (Wildman–Crippen LogP) is -1.64. The number of carbonyl (C=O) groups excluding carboxylic acids is 4. The molecule has 0 aromatic heterocycles. The molecule has 9 N–H and O–H groups in total. The molecule has 4 atom stereocenters. The number of hydrogen-bond donors (Lipinski definition) is 8. The molecule has 226 valence electrons. The number of aliphatic hydroxyl groups excluding tert-OH is 1. The van der Waals surface area contributed by atoms with E-state index in [-0.39, 0.29) is 30.9 Å². The number of amides is 4. The Morgan fingerprint density at radius 3 is 1.98 bits per heavy atom. The van der Waals surface area contributed by atoms with Gasteiger partial charge in [0.2, 0.25) is 23.6 Å². The number of benzene rings is 2. The zero-order chi connectivity index (χ0) is 30.8. The standard InChI is InChI=1S/C28H35N5O9/c29-20(12-16-3-7-18(35)8-4-16)28(42)33-11-1-2-23(33)27(41)32-22(15-34)26(40)31-21(25(39)30-14-24(37)38)13-17-5-9-19(36)10-6-17/h3-10,20-23,34-36H,1-2,11-15,29H2,(H,30,39)(H,31,40)(H,32,41)(H,37,38). The lowest BCUT2D eigenvalue weighted by Gasteiger charge is -2.28. The van der Waals surface area contributed by atoms with E-state index in [9.17, 15) is 39.3 Å². The van der Waals surface area contributed by atoms with Gasteiger partial charge in [-0.2, -0.15) is 0 Å². The van der Waals surface area contributed by atoms with Gasteiger partial charge in [0.25, 0.3) is 0 Å². The number of aromatic hydroxyl groups is 2. The van der Waals surface area contributed by atoms with Crippen molar-refractivity contribution in [2.45, 2.75) is 49.9 Å². The fourth-order valence-electron chi connectivity index (χ4n) is 4.59. The molecule has 0 aliphatic carbocycles. The maximum absolute atomic E-state index is 13.1. The Labute approximate surface area is 241 Å². The molecule has 1 saturated heterocycles. The fourth-order valence-corrected chi connectivity index (χ4v) is 4.59. The number of aliphatic hydroxyl groups is 1. The number of nitrogens with zero attached hydrogens (tertiary/aromatic N) is 1. The van der Waals surface area contributed by atoms with E-state index in [0.717, 1.165) is 5.56 Å². The van der Waals surface area contributed by atoms with Crippen LogP contribution < -0.4 is 21.7 Å². The smallest absolute Gasteiger partial charge is 0.322 e. The summed E-state index contributed by atoms with van der Waals surface area (Å²) in [5.41, 5.74) is 7.39. The Hall–Kier alpha value is -4.69. The van der Waals surface area contributed by atoms with Crippen LogP contribution in [0.3, 0.4) is 0 Å². The van der Waals surface area contributed by atoms with Crippen molar-refractivity contribution in [3.05, 3.63) is 59.7 Å². The van der Waals surface area contributed by atoms with Crippen LogP contribution in [0.1, 0.15) is 24.0 Å². The molecule has 14 heteroatoms. The van der Waals surface area contributed by atoms with Crippen LogP contribution in [0.4, 0.5) is 0 Å². The molecule has 0 saturated carbocycles. The summed E-state index contributed by atoms with van der Waals surface area (Å²) < 4.78 is 0. The van der Waals surface area contributed by atoms with E-state index in [1.165, 1.54) is 41.3 Å². The Balaban J connectivity index is 1.65. The second kappa shape index (κ2) is 14.8. The molecule has 1 aliphatic heterocycles. The number of likely N-dealkylation sites (tertiary alicyclic amines) is 1. The highest BCUT2D eigenvalue weighted by atomic mass is 16.4. The lowest BCUT2D eigenvalue weighted by atomic mass is 10.0. The van der Waals surface area contributed by atoms with Gasteiger partial charge in [0.05, 0.1) is 12.6 Å². The average Bonchev–Trinajstić information content (AvgIpc) is 3.46. The van der Waals surface area contributed by atoms with Crippen LogP contribution in [0.5, 0.6) is 11.5 Å². The van der Waals surface area contributed by atoms with Crippen molar-refractivity contribution in [1.82, 2.24) is 20.9 Å². The quantitative estimate of drug-likeness (QED) is 0.134. The average molecular weight is 586 g/mol. The van der Waals surface area contributed by atoms with Crippen LogP contribution in [0.25, 0.3) is 0 Å². The summed E-state index contributed by atoms with van der Waals surface area (Å²) in [5.74, 6) is -4.09. The van der Waals surface area contributed by atoms with Crippen LogP contribution in [0.15, 0.2) is 48.5 Å². The zero-order valence-electron chi connectivity index (χ0n) is 22.7. The van der Waals surface area contributed by atoms with Crippen LogP contribution in [-0.2, 0) is 36.8 Å². The summed E-state index contributed by atoms with van der Waals surface area (Å²) in [5, 5.41) is 44.8. The van der Waals surface area contributed by atoms with Crippen molar-refractivity contribution in [2.75, 3.05) is 19.7 Å². The van der Waals surface area contributed by atoms with Crippen LogP contribution in [-0.4, -0.2) is 98.8 Å². The zero-order valence-corrected chi connectivity index (χ0v) is 22.7. The fraction of sp³-hybridized carbons (Fsp3) is 0.393. The molecule has 2 aromatic carbocycles. The van der Waals surface area contributed by atoms with Gasteiger partial charge in [-0.25, -0.2) is 0 Å². The third kappa shape index (κ3) is 8.91. The van der Waals surface area contributed by atoms with Gasteiger partial charge in [0.15, 0.2) is 0 Å². The number of phenolic OH excluding ortho intramolecular Hbond substituents is 2. The van der Waals surface area contributed by atoms with Crippen LogP contribution in [0, 0.1) is 0 Å². The summed E-state index contributed by atoms with van der Waals surface area (Å²) in [4.78, 5) is 64.2. The monoisotopic (exact) mass is 585 g/mol. The van der Waals surface area contributed by atoms with E-state index in [4.69, 9.17) is 10.8 Å². The number of aliphatic carboxylic acids is 1. The molecule has 0 radical (unpaired) electrons. The molecule has 4 amide bonds. The van der Waals surface area contributed by atoms with Crippen molar-refractivity contribution in [3.63, 3.8) is 0 Å². The minimum atomic E-state index is -1.48. The largest absolute Gasteiger partial charge is 0.508 e. The highest BCUT2D eigenvalue weighted by Crippen LogP contribution is 2.20. The second-order valence-electron chi connectivity index (χ2n) is 9.95. The molecule has 1 fully saturated rings. The van der Waals surface area contributed by atoms with Crippen LogP contribution >= 0.6 is 0 Å². The molecular formula is C28H35N5O9. The Kier molecular flexibility index (Phi) is 11.2. The van der Waals surface area contributed by atoms with Crippen molar-refractivity contribution in [3.8, 4) is 11.5 Å². The molecule has 4 unspecified atom stereocenters. The first-order valence-electron chi connectivity index (χ1n) is 13.3. The Morgan fingerprint density at radius 2 is 1.43 bits per heavy atom. The van der Waals surface area contributed by atoms with Gasteiger partial charge in [-0.1, -0.05) is 24.3 Å². The van der Waals surface area contributed by atoms with Crippen LogP contribution in [0.2, 0.25) is 0 Å². The molecule has 42 heavy (non-hydrogen) atoms. The normalized spacial score (nSPS) is 16.6. The Bertz CT molecular complexity index is 1270. The third-order valence-corrected chi connectivity index (χ3v) is 6.79. The first-order valence-corrected chi connectivity index (χ1v) is 13.3. The third-order valence-electron chi connectivity index (χ3n) is 6.79. The molecule has 2 aromatic rings. The van der Waals surface area contributed by atoms with Crippen molar-refractivity contribution >= 4 is 29.6 Å². The number of carbonyl (C=O) groups is 5. The molecule has 3 rings (SSSR count). The molecule has 1 aliphatic rings. The van der Waals surface area contributed by atoms with Gasteiger partial charge in [0, 0.05) is 13.0 Å². The number of nitrogens with one attached hydrogen (secondary N) is 3. The summed E-state index contributed by atoms with van der Waals surface area (Å²) in [7, 11) is 0. The summed E-state index contributed by atoms with van der Waals surface area (Å²) in [6.07, 6.45) is 0.930. The van der Waals surface area contributed by atoms with Gasteiger partial charge >= 0.3 is 5.97 Å².